The van der Waals surface area contributed by atoms with Crippen LogP contribution >= 0.6 is 0 Å². The average Bonchev–Trinajstić information content (AvgIpc) is 2.91. The molecule has 3 N–H and O–H groups in total. The molecule has 2 atom stereocenters. The maximum absolute atomic E-state index is 9.97. The summed E-state index contributed by atoms with van der Waals surface area (Å²) in [5.74, 6) is 0.737. The molecule has 1 fully saturated rings. The number of aliphatic hydroxyl groups excluding tert-OH is 1. The Labute approximate surface area is 112 Å². The van der Waals surface area contributed by atoms with Crippen molar-refractivity contribution in [3.8, 4) is 0 Å². The summed E-state index contributed by atoms with van der Waals surface area (Å²) >= 11 is 0. The number of aromatic nitrogens is 2. The summed E-state index contributed by atoms with van der Waals surface area (Å²) in [6, 6.07) is 6.15. The first kappa shape index (κ1) is 12.4. The number of nitrogen functional groups attached to an aromatic ring is 1. The van der Waals surface area contributed by atoms with Crippen LogP contribution in [0.5, 0.6) is 0 Å². The Morgan fingerprint density at radius 1 is 1.47 bits per heavy atom. The molecule has 0 aliphatic carbocycles. The maximum Gasteiger partial charge on any atom is 0.138 e. The molecule has 0 saturated carbocycles. The van der Waals surface area contributed by atoms with Crippen molar-refractivity contribution in [2.45, 2.75) is 25.5 Å². The van der Waals surface area contributed by atoms with Gasteiger partial charge in [0.25, 0.3) is 0 Å². The highest BCUT2D eigenvalue weighted by Crippen LogP contribution is 2.30. The molecule has 5 heteroatoms. The van der Waals surface area contributed by atoms with E-state index in [4.69, 9.17) is 5.73 Å². The lowest BCUT2D eigenvalue weighted by molar-refractivity contribution is 0.181. The molecule has 1 aromatic carbocycles. The average molecular weight is 260 g/mol. The molecule has 19 heavy (non-hydrogen) atoms. The van der Waals surface area contributed by atoms with Gasteiger partial charge in [-0.25, -0.2) is 4.98 Å². The third kappa shape index (κ3) is 2.09. The summed E-state index contributed by atoms with van der Waals surface area (Å²) < 4.78 is 2.18. The molecule has 2 unspecified atom stereocenters. The van der Waals surface area contributed by atoms with E-state index in [1.165, 1.54) is 0 Å². The monoisotopic (exact) mass is 260 g/mol. The predicted molar refractivity (Wildman–Crippen MR) is 75.9 cm³/mol. The Hall–Kier alpha value is -1.59. The van der Waals surface area contributed by atoms with Crippen molar-refractivity contribution in [2.24, 2.45) is 0 Å². The largest absolute Gasteiger partial charge is 0.399 e. The number of hydrogen-bond donors (Lipinski definition) is 2. The molecule has 0 radical (unpaired) electrons. The number of likely N-dealkylation sites (N-methyl/N-ethyl adjacent to an activating group) is 1. The first-order chi connectivity index (χ1) is 9.06. The van der Waals surface area contributed by atoms with Crippen molar-refractivity contribution in [3.63, 3.8) is 0 Å². The second-order valence-electron chi connectivity index (χ2n) is 5.47. The van der Waals surface area contributed by atoms with E-state index in [1.807, 2.05) is 18.2 Å². The smallest absolute Gasteiger partial charge is 0.138 e. The summed E-state index contributed by atoms with van der Waals surface area (Å²) in [7, 11) is 2.12. The van der Waals surface area contributed by atoms with E-state index in [0.29, 0.717) is 11.7 Å². The van der Waals surface area contributed by atoms with E-state index in [1.54, 1.807) is 6.92 Å². The Balaban J connectivity index is 2.16. The van der Waals surface area contributed by atoms with Gasteiger partial charge in [0, 0.05) is 18.3 Å². The Kier molecular flexibility index (Phi) is 2.95. The number of imidazole rings is 1. The Morgan fingerprint density at radius 2 is 2.26 bits per heavy atom. The molecule has 2 aromatic rings. The minimum absolute atomic E-state index is 0.378. The van der Waals surface area contributed by atoms with E-state index < -0.39 is 6.10 Å². The molecule has 3 rings (SSSR count). The van der Waals surface area contributed by atoms with Crippen LogP contribution in [-0.4, -0.2) is 39.7 Å². The topological polar surface area (TPSA) is 67.3 Å². The Bertz CT molecular complexity index is 605. The van der Waals surface area contributed by atoms with Gasteiger partial charge >= 0.3 is 0 Å². The van der Waals surface area contributed by atoms with Gasteiger partial charge in [-0.15, -0.1) is 0 Å². The van der Waals surface area contributed by atoms with Crippen molar-refractivity contribution in [1.29, 1.82) is 0 Å². The fourth-order valence-corrected chi connectivity index (χ4v) is 2.94. The molecule has 0 spiro atoms. The number of anilines is 1. The number of nitrogens with zero attached hydrogens (tertiary/aromatic N) is 3. The van der Waals surface area contributed by atoms with Crippen LogP contribution in [0.4, 0.5) is 5.69 Å². The van der Waals surface area contributed by atoms with Crippen LogP contribution in [0.2, 0.25) is 0 Å². The number of benzene rings is 1. The maximum atomic E-state index is 9.97. The number of nitrogens with two attached hydrogens (primary N) is 1. The predicted octanol–water partition coefficient (Wildman–Crippen LogP) is 1.55. The minimum Gasteiger partial charge on any atom is -0.399 e. The summed E-state index contributed by atoms with van der Waals surface area (Å²) in [5.41, 5.74) is 8.45. The normalized spacial score (nSPS) is 22.2. The molecule has 0 amide bonds. The lowest BCUT2D eigenvalue weighted by atomic mass is 10.2. The fourth-order valence-electron chi connectivity index (χ4n) is 2.94. The number of aliphatic hydroxyl groups is 1. The molecule has 102 valence electrons. The molecule has 1 saturated heterocycles. The van der Waals surface area contributed by atoms with Crippen LogP contribution in [0.25, 0.3) is 11.0 Å². The molecule has 1 aromatic heterocycles. The van der Waals surface area contributed by atoms with Crippen LogP contribution in [-0.2, 0) is 0 Å². The van der Waals surface area contributed by atoms with Crippen molar-refractivity contribution in [1.82, 2.24) is 14.5 Å². The number of fused-ring (bicyclic) bond motifs is 1. The van der Waals surface area contributed by atoms with Gasteiger partial charge in [-0.2, -0.15) is 0 Å². The van der Waals surface area contributed by atoms with Gasteiger partial charge in [-0.05, 0) is 45.1 Å². The van der Waals surface area contributed by atoms with Crippen LogP contribution in [0.15, 0.2) is 18.2 Å². The third-order valence-corrected chi connectivity index (χ3v) is 3.85. The van der Waals surface area contributed by atoms with Crippen LogP contribution in [0.3, 0.4) is 0 Å². The highest BCUT2D eigenvalue weighted by Gasteiger charge is 2.26. The fraction of sp³-hybridized carbons (Fsp3) is 0.500. The third-order valence-electron chi connectivity index (χ3n) is 3.85. The van der Waals surface area contributed by atoms with E-state index in [9.17, 15) is 5.11 Å². The highest BCUT2D eigenvalue weighted by atomic mass is 16.3. The highest BCUT2D eigenvalue weighted by molar-refractivity contribution is 5.80. The van der Waals surface area contributed by atoms with E-state index >= 15 is 0 Å². The molecule has 1 aliphatic heterocycles. The molecule has 5 nitrogen and oxygen atoms in total. The van der Waals surface area contributed by atoms with Gasteiger partial charge in [0.15, 0.2) is 0 Å². The second kappa shape index (κ2) is 4.51. The lowest BCUT2D eigenvalue weighted by Crippen LogP contribution is -2.18. The number of likely N-dealkylation sites (tertiary alicyclic amines) is 1. The van der Waals surface area contributed by atoms with Gasteiger partial charge < -0.3 is 20.3 Å². The molecule has 2 heterocycles. The van der Waals surface area contributed by atoms with E-state index in [2.05, 4.69) is 21.5 Å². The first-order valence-electron chi connectivity index (χ1n) is 6.70. The first-order valence-corrected chi connectivity index (χ1v) is 6.70. The standard InChI is InChI=1S/C14H20N4O/c1-9(19)14-16-12-7-10(15)3-4-13(12)18(14)11-5-6-17(2)8-11/h3-4,7,9,11,19H,5-6,8,15H2,1-2H3. The summed E-state index contributed by atoms with van der Waals surface area (Å²) in [6.45, 7) is 3.84. The van der Waals surface area contributed by atoms with Gasteiger partial charge in [-0.3, -0.25) is 0 Å². The van der Waals surface area contributed by atoms with Crippen LogP contribution < -0.4 is 5.73 Å². The van der Waals surface area contributed by atoms with Crippen molar-refractivity contribution < 1.29 is 5.11 Å². The van der Waals surface area contributed by atoms with Crippen LogP contribution in [0, 0.1) is 0 Å². The number of hydrogen-bond acceptors (Lipinski definition) is 4. The van der Waals surface area contributed by atoms with Gasteiger partial charge in [-0.1, -0.05) is 0 Å². The van der Waals surface area contributed by atoms with Crippen molar-refractivity contribution >= 4 is 16.7 Å². The quantitative estimate of drug-likeness (QED) is 0.804. The van der Waals surface area contributed by atoms with Gasteiger partial charge in [0.1, 0.15) is 11.9 Å². The van der Waals surface area contributed by atoms with Crippen molar-refractivity contribution in [2.75, 3.05) is 25.9 Å². The molecular weight excluding hydrogens is 240 g/mol. The zero-order valence-electron chi connectivity index (χ0n) is 11.4. The Morgan fingerprint density at radius 3 is 2.89 bits per heavy atom. The minimum atomic E-state index is -0.570. The summed E-state index contributed by atoms with van der Waals surface area (Å²) in [4.78, 5) is 6.86. The van der Waals surface area contributed by atoms with Gasteiger partial charge in [0.2, 0.25) is 0 Å². The van der Waals surface area contributed by atoms with Crippen LogP contribution in [0.1, 0.15) is 31.3 Å². The second-order valence-corrected chi connectivity index (χ2v) is 5.47. The zero-order valence-corrected chi connectivity index (χ0v) is 11.4. The number of rotatable bonds is 2. The van der Waals surface area contributed by atoms with E-state index in [0.717, 1.165) is 36.4 Å². The molecular formula is C14H20N4O. The zero-order chi connectivity index (χ0) is 13.6. The summed E-state index contributed by atoms with van der Waals surface area (Å²) in [5, 5.41) is 9.97. The lowest BCUT2D eigenvalue weighted by Gasteiger charge is -2.18. The SMILES string of the molecule is CC(O)c1nc2cc(N)ccc2n1C1CCN(C)C1. The van der Waals surface area contributed by atoms with E-state index in [-0.39, 0.29) is 0 Å². The van der Waals surface area contributed by atoms with Gasteiger partial charge in [0.05, 0.1) is 11.0 Å². The molecule has 0 bridgehead atoms. The molecule has 1 aliphatic rings. The van der Waals surface area contributed by atoms with Crippen molar-refractivity contribution in [3.05, 3.63) is 24.0 Å². The summed E-state index contributed by atoms with van der Waals surface area (Å²) in [6.07, 6.45) is 0.519.